The summed E-state index contributed by atoms with van der Waals surface area (Å²) < 4.78 is 2.18. The van der Waals surface area contributed by atoms with E-state index >= 15 is 0 Å². The third-order valence-corrected chi connectivity index (χ3v) is 6.44. The van der Waals surface area contributed by atoms with Crippen molar-refractivity contribution in [1.82, 2.24) is 14.5 Å². The van der Waals surface area contributed by atoms with Crippen molar-refractivity contribution in [1.29, 1.82) is 0 Å². The van der Waals surface area contributed by atoms with Crippen LogP contribution in [0.5, 0.6) is 0 Å². The van der Waals surface area contributed by atoms with E-state index in [1.807, 2.05) is 12.1 Å². The Labute approximate surface area is 191 Å². The minimum Gasteiger partial charge on any atom is -0.369 e. The van der Waals surface area contributed by atoms with Crippen LogP contribution in [-0.2, 0) is 18.3 Å². The van der Waals surface area contributed by atoms with E-state index < -0.39 is 0 Å². The van der Waals surface area contributed by atoms with Crippen LogP contribution in [0.15, 0.2) is 42.5 Å². The molecule has 1 N–H and O–H groups in total. The number of fused-ring (bicyclic) bond motifs is 1. The molecule has 170 valence electrons. The van der Waals surface area contributed by atoms with E-state index in [4.69, 9.17) is 4.98 Å². The average molecular weight is 434 g/mol. The van der Waals surface area contributed by atoms with E-state index in [1.165, 1.54) is 11.3 Å². The molecule has 1 aromatic heterocycles. The number of unbranched alkanes of at least 4 members (excludes halogenated alkanes) is 1. The largest absolute Gasteiger partial charge is 0.369 e. The standard InChI is InChI=1S/C26H35N5O/c1-4-5-6-26(32)27-21-9-12-24-23(19-21)28-25(29(24)3)13-14-30-15-17-31(18-16-30)22-10-7-20(2)8-11-22/h7-12,19H,4-6,13-18H2,1-3H3,(H,27,32). The first kappa shape index (κ1) is 22.3. The maximum absolute atomic E-state index is 12.0. The summed E-state index contributed by atoms with van der Waals surface area (Å²) >= 11 is 0. The summed E-state index contributed by atoms with van der Waals surface area (Å²) in [5.74, 6) is 1.17. The van der Waals surface area contributed by atoms with Crippen molar-refractivity contribution in [2.24, 2.45) is 7.05 Å². The number of hydrogen-bond donors (Lipinski definition) is 1. The van der Waals surface area contributed by atoms with Crippen molar-refractivity contribution in [3.63, 3.8) is 0 Å². The quantitative estimate of drug-likeness (QED) is 0.573. The van der Waals surface area contributed by atoms with Gasteiger partial charge in [0.2, 0.25) is 5.91 Å². The number of aryl methyl sites for hydroxylation is 2. The maximum atomic E-state index is 12.0. The van der Waals surface area contributed by atoms with Crippen LogP contribution in [0.3, 0.4) is 0 Å². The van der Waals surface area contributed by atoms with Crippen LogP contribution in [0.25, 0.3) is 11.0 Å². The van der Waals surface area contributed by atoms with Gasteiger partial charge in [0.25, 0.3) is 0 Å². The first-order valence-corrected chi connectivity index (χ1v) is 11.8. The Kier molecular flexibility index (Phi) is 7.10. The Hall–Kier alpha value is -2.86. The zero-order chi connectivity index (χ0) is 22.5. The van der Waals surface area contributed by atoms with Gasteiger partial charge in [0, 0.05) is 64.0 Å². The van der Waals surface area contributed by atoms with Crippen LogP contribution in [0.4, 0.5) is 11.4 Å². The van der Waals surface area contributed by atoms with Crippen molar-refractivity contribution in [3.8, 4) is 0 Å². The van der Waals surface area contributed by atoms with Gasteiger partial charge in [0.1, 0.15) is 5.82 Å². The number of anilines is 2. The summed E-state index contributed by atoms with van der Waals surface area (Å²) in [5, 5.41) is 3.00. The second-order valence-electron chi connectivity index (χ2n) is 8.86. The van der Waals surface area contributed by atoms with E-state index in [0.717, 1.165) is 74.5 Å². The van der Waals surface area contributed by atoms with Crippen LogP contribution in [-0.4, -0.2) is 53.1 Å². The van der Waals surface area contributed by atoms with Crippen molar-refractivity contribution in [3.05, 3.63) is 53.9 Å². The number of carbonyl (C=O) groups excluding carboxylic acids is 1. The predicted octanol–water partition coefficient (Wildman–Crippen LogP) is 4.38. The molecule has 2 aromatic carbocycles. The Morgan fingerprint density at radius 2 is 1.81 bits per heavy atom. The second kappa shape index (κ2) is 10.2. The molecule has 6 heteroatoms. The summed E-state index contributed by atoms with van der Waals surface area (Å²) in [6.45, 7) is 9.52. The van der Waals surface area contributed by atoms with Gasteiger partial charge in [-0.25, -0.2) is 4.98 Å². The second-order valence-corrected chi connectivity index (χ2v) is 8.86. The molecule has 1 amide bonds. The number of benzene rings is 2. The molecule has 32 heavy (non-hydrogen) atoms. The number of hydrogen-bond acceptors (Lipinski definition) is 4. The molecule has 1 saturated heterocycles. The number of carbonyl (C=O) groups is 1. The minimum atomic E-state index is 0.0761. The molecular formula is C26H35N5O. The van der Waals surface area contributed by atoms with Crippen molar-refractivity contribution in [2.45, 2.75) is 39.5 Å². The molecule has 4 rings (SSSR count). The van der Waals surface area contributed by atoms with Gasteiger partial charge >= 0.3 is 0 Å². The summed E-state index contributed by atoms with van der Waals surface area (Å²) in [4.78, 5) is 21.9. The summed E-state index contributed by atoms with van der Waals surface area (Å²) in [5.41, 5.74) is 5.51. The van der Waals surface area contributed by atoms with Crippen LogP contribution in [0.1, 0.15) is 37.6 Å². The fraction of sp³-hybridized carbons (Fsp3) is 0.462. The highest BCUT2D eigenvalue weighted by Crippen LogP contribution is 2.21. The third-order valence-electron chi connectivity index (χ3n) is 6.44. The molecule has 2 heterocycles. The number of aromatic nitrogens is 2. The fourth-order valence-electron chi connectivity index (χ4n) is 4.36. The summed E-state index contributed by atoms with van der Waals surface area (Å²) in [6.07, 6.45) is 3.44. The van der Waals surface area contributed by atoms with Gasteiger partial charge < -0.3 is 14.8 Å². The lowest BCUT2D eigenvalue weighted by atomic mass is 10.2. The van der Waals surface area contributed by atoms with E-state index in [1.54, 1.807) is 0 Å². The third kappa shape index (κ3) is 5.30. The smallest absolute Gasteiger partial charge is 0.224 e. The molecule has 0 radical (unpaired) electrons. The van der Waals surface area contributed by atoms with Gasteiger partial charge in [0.15, 0.2) is 0 Å². The number of imidazole rings is 1. The Morgan fingerprint density at radius 1 is 1.06 bits per heavy atom. The van der Waals surface area contributed by atoms with Gasteiger partial charge in [-0.2, -0.15) is 0 Å². The molecular weight excluding hydrogens is 398 g/mol. The highest BCUT2D eigenvalue weighted by molar-refractivity contribution is 5.93. The molecule has 0 atom stereocenters. The van der Waals surface area contributed by atoms with Crippen LogP contribution < -0.4 is 10.2 Å². The topological polar surface area (TPSA) is 53.4 Å². The highest BCUT2D eigenvalue weighted by Gasteiger charge is 2.18. The van der Waals surface area contributed by atoms with Crippen LogP contribution in [0, 0.1) is 6.92 Å². The highest BCUT2D eigenvalue weighted by atomic mass is 16.1. The molecule has 1 aliphatic rings. The molecule has 1 fully saturated rings. The van der Waals surface area contributed by atoms with E-state index in [9.17, 15) is 4.79 Å². The lowest BCUT2D eigenvalue weighted by Gasteiger charge is -2.36. The number of amides is 1. The zero-order valence-corrected chi connectivity index (χ0v) is 19.6. The first-order chi connectivity index (χ1) is 15.5. The van der Waals surface area contributed by atoms with Gasteiger partial charge in [-0.1, -0.05) is 31.0 Å². The minimum absolute atomic E-state index is 0.0761. The number of piperazine rings is 1. The Balaban J connectivity index is 1.33. The zero-order valence-electron chi connectivity index (χ0n) is 19.6. The van der Waals surface area contributed by atoms with Crippen LogP contribution in [0.2, 0.25) is 0 Å². The Morgan fingerprint density at radius 3 is 2.53 bits per heavy atom. The predicted molar refractivity (Wildman–Crippen MR) is 132 cm³/mol. The number of rotatable bonds is 8. The molecule has 0 spiro atoms. The van der Waals surface area contributed by atoms with E-state index in [2.05, 4.69) is 70.9 Å². The Bertz CT molecular complexity index is 1050. The van der Waals surface area contributed by atoms with Crippen molar-refractivity contribution >= 4 is 28.3 Å². The average Bonchev–Trinajstić information content (AvgIpc) is 3.12. The lowest BCUT2D eigenvalue weighted by Crippen LogP contribution is -2.47. The normalized spacial score (nSPS) is 14.8. The molecule has 0 aliphatic carbocycles. The van der Waals surface area contributed by atoms with Crippen molar-refractivity contribution in [2.75, 3.05) is 42.9 Å². The molecule has 0 saturated carbocycles. The van der Waals surface area contributed by atoms with Gasteiger partial charge in [0.05, 0.1) is 11.0 Å². The number of nitrogens with zero attached hydrogens (tertiary/aromatic N) is 4. The van der Waals surface area contributed by atoms with E-state index in [0.29, 0.717) is 6.42 Å². The molecule has 3 aromatic rings. The lowest BCUT2D eigenvalue weighted by molar-refractivity contribution is -0.116. The van der Waals surface area contributed by atoms with Gasteiger partial charge in [-0.3, -0.25) is 9.69 Å². The molecule has 0 bridgehead atoms. The SMILES string of the molecule is CCCCC(=O)Nc1ccc2c(c1)nc(CCN1CCN(c3ccc(C)cc3)CC1)n2C. The van der Waals surface area contributed by atoms with Gasteiger partial charge in [-0.05, 0) is 43.7 Å². The maximum Gasteiger partial charge on any atom is 0.224 e. The van der Waals surface area contributed by atoms with E-state index in [-0.39, 0.29) is 5.91 Å². The molecule has 6 nitrogen and oxygen atoms in total. The summed E-state index contributed by atoms with van der Waals surface area (Å²) in [7, 11) is 2.08. The molecule has 1 aliphatic heterocycles. The summed E-state index contributed by atoms with van der Waals surface area (Å²) in [6, 6.07) is 14.9. The fourth-order valence-corrected chi connectivity index (χ4v) is 4.36. The van der Waals surface area contributed by atoms with Crippen LogP contribution >= 0.6 is 0 Å². The van der Waals surface area contributed by atoms with Crippen molar-refractivity contribution < 1.29 is 4.79 Å². The molecule has 0 unspecified atom stereocenters. The first-order valence-electron chi connectivity index (χ1n) is 11.8. The van der Waals surface area contributed by atoms with Gasteiger partial charge in [-0.15, -0.1) is 0 Å². The monoisotopic (exact) mass is 433 g/mol. The number of nitrogens with one attached hydrogen (secondary N) is 1.